The molecule has 0 saturated carbocycles. The molecule has 0 radical (unpaired) electrons. The van der Waals surface area contributed by atoms with E-state index in [0.717, 1.165) is 6.26 Å². The van der Waals surface area contributed by atoms with Gasteiger partial charge >= 0.3 is 0 Å². The van der Waals surface area contributed by atoms with Gasteiger partial charge in [0, 0.05) is 39.3 Å². The Labute approximate surface area is 160 Å². The van der Waals surface area contributed by atoms with E-state index in [2.05, 4.69) is 0 Å². The van der Waals surface area contributed by atoms with E-state index in [1.165, 1.54) is 8.61 Å². The highest BCUT2D eigenvalue weighted by Gasteiger charge is 2.36. The van der Waals surface area contributed by atoms with Gasteiger partial charge in [0.25, 0.3) is 0 Å². The van der Waals surface area contributed by atoms with Crippen LogP contribution in [-0.4, -0.2) is 81.8 Å². The number of rotatable bonds is 4. The molecular weight excluding hydrogens is 390 g/mol. The molecule has 150 valence electrons. The summed E-state index contributed by atoms with van der Waals surface area (Å²) in [5, 5.41) is 0. The molecule has 1 aromatic carbocycles. The van der Waals surface area contributed by atoms with Gasteiger partial charge < -0.3 is 4.90 Å². The van der Waals surface area contributed by atoms with E-state index >= 15 is 0 Å². The highest BCUT2D eigenvalue weighted by molar-refractivity contribution is 7.89. The van der Waals surface area contributed by atoms with Crippen molar-refractivity contribution in [2.45, 2.75) is 17.7 Å². The van der Waals surface area contributed by atoms with Crippen LogP contribution < -0.4 is 0 Å². The molecule has 0 N–H and O–H groups in total. The van der Waals surface area contributed by atoms with Crippen molar-refractivity contribution < 1.29 is 21.6 Å². The monoisotopic (exact) mass is 415 g/mol. The Kier molecular flexibility index (Phi) is 5.90. The summed E-state index contributed by atoms with van der Waals surface area (Å²) in [6, 6.07) is 8.25. The van der Waals surface area contributed by atoms with E-state index in [9.17, 15) is 21.6 Å². The molecule has 2 aliphatic rings. The van der Waals surface area contributed by atoms with Gasteiger partial charge in [-0.15, -0.1) is 0 Å². The third-order valence-electron chi connectivity index (χ3n) is 5.13. The van der Waals surface area contributed by atoms with Gasteiger partial charge in [0.05, 0.1) is 17.1 Å². The maximum Gasteiger partial charge on any atom is 0.243 e. The van der Waals surface area contributed by atoms with Crippen molar-refractivity contribution in [1.29, 1.82) is 0 Å². The number of nitrogens with zero attached hydrogens (tertiary/aromatic N) is 3. The number of benzene rings is 1. The molecule has 1 amide bonds. The lowest BCUT2D eigenvalue weighted by atomic mass is 9.98. The largest absolute Gasteiger partial charge is 0.340 e. The summed E-state index contributed by atoms with van der Waals surface area (Å²) in [7, 11) is -6.86. The van der Waals surface area contributed by atoms with Crippen LogP contribution in [0.1, 0.15) is 12.8 Å². The molecule has 1 aromatic rings. The minimum atomic E-state index is -3.61. The molecule has 10 heteroatoms. The first-order valence-corrected chi connectivity index (χ1v) is 12.3. The van der Waals surface area contributed by atoms with Crippen molar-refractivity contribution >= 4 is 26.0 Å². The number of piperazine rings is 1. The molecule has 2 saturated heterocycles. The van der Waals surface area contributed by atoms with Gasteiger partial charge in [-0.05, 0) is 25.0 Å². The van der Waals surface area contributed by atoms with E-state index in [-0.39, 0.29) is 36.4 Å². The summed E-state index contributed by atoms with van der Waals surface area (Å²) in [5.74, 6) is -0.474. The van der Waals surface area contributed by atoms with Gasteiger partial charge in [-0.25, -0.2) is 16.8 Å². The van der Waals surface area contributed by atoms with Gasteiger partial charge in [0.1, 0.15) is 0 Å². The summed E-state index contributed by atoms with van der Waals surface area (Å²) >= 11 is 0. The van der Waals surface area contributed by atoms with Crippen LogP contribution in [-0.2, 0) is 24.8 Å². The zero-order valence-electron chi connectivity index (χ0n) is 15.3. The lowest BCUT2D eigenvalue weighted by Crippen LogP contribution is -2.53. The second-order valence-electron chi connectivity index (χ2n) is 7.00. The second-order valence-corrected chi connectivity index (χ2v) is 10.9. The van der Waals surface area contributed by atoms with Crippen molar-refractivity contribution in [2.24, 2.45) is 5.92 Å². The normalized spacial score (nSPS) is 23.3. The van der Waals surface area contributed by atoms with Crippen molar-refractivity contribution in [1.82, 2.24) is 13.5 Å². The molecule has 2 aliphatic heterocycles. The third-order valence-corrected chi connectivity index (χ3v) is 8.32. The number of sulfonamides is 2. The molecule has 2 heterocycles. The van der Waals surface area contributed by atoms with Crippen LogP contribution in [0.3, 0.4) is 0 Å². The average molecular weight is 416 g/mol. The zero-order valence-corrected chi connectivity index (χ0v) is 17.0. The lowest BCUT2D eigenvalue weighted by molar-refractivity contribution is -0.137. The first kappa shape index (κ1) is 20.2. The number of hydrogen-bond acceptors (Lipinski definition) is 5. The molecule has 0 spiro atoms. The van der Waals surface area contributed by atoms with Gasteiger partial charge in [-0.2, -0.15) is 8.61 Å². The Balaban J connectivity index is 1.65. The van der Waals surface area contributed by atoms with E-state index in [4.69, 9.17) is 0 Å². The molecule has 2 fully saturated rings. The maximum atomic E-state index is 12.9. The molecule has 0 aromatic heterocycles. The van der Waals surface area contributed by atoms with E-state index < -0.39 is 20.0 Å². The first-order valence-electron chi connectivity index (χ1n) is 8.99. The predicted octanol–water partition coefficient (Wildman–Crippen LogP) is 0.191. The van der Waals surface area contributed by atoms with Crippen LogP contribution in [0.15, 0.2) is 35.2 Å². The Morgan fingerprint density at radius 2 is 1.56 bits per heavy atom. The number of hydrogen-bond donors (Lipinski definition) is 0. The summed E-state index contributed by atoms with van der Waals surface area (Å²) in [5.41, 5.74) is 0. The predicted molar refractivity (Wildman–Crippen MR) is 101 cm³/mol. The fourth-order valence-corrected chi connectivity index (χ4v) is 5.97. The molecule has 8 nitrogen and oxygen atoms in total. The summed E-state index contributed by atoms with van der Waals surface area (Å²) < 4.78 is 51.6. The molecule has 27 heavy (non-hydrogen) atoms. The van der Waals surface area contributed by atoms with E-state index in [1.807, 2.05) is 0 Å². The molecule has 0 aliphatic carbocycles. The topological polar surface area (TPSA) is 95.1 Å². The average Bonchev–Trinajstić information content (AvgIpc) is 2.67. The minimum Gasteiger partial charge on any atom is -0.340 e. The quantitative estimate of drug-likeness (QED) is 0.700. The number of carbonyl (C=O) groups excluding carboxylic acids is 1. The van der Waals surface area contributed by atoms with Crippen LogP contribution in [0, 0.1) is 5.92 Å². The molecule has 0 bridgehead atoms. The lowest BCUT2D eigenvalue weighted by Gasteiger charge is -2.38. The summed E-state index contributed by atoms with van der Waals surface area (Å²) in [6.45, 7) is 1.82. The maximum absolute atomic E-state index is 12.9. The Morgan fingerprint density at radius 1 is 0.926 bits per heavy atom. The second kappa shape index (κ2) is 7.86. The summed E-state index contributed by atoms with van der Waals surface area (Å²) in [6.07, 6.45) is 2.44. The molecule has 3 rings (SSSR count). The van der Waals surface area contributed by atoms with Crippen molar-refractivity contribution in [3.63, 3.8) is 0 Å². The van der Waals surface area contributed by atoms with Gasteiger partial charge in [-0.1, -0.05) is 18.2 Å². The molecule has 1 atom stereocenters. The van der Waals surface area contributed by atoms with Gasteiger partial charge in [-0.3, -0.25) is 4.79 Å². The smallest absolute Gasteiger partial charge is 0.243 e. The van der Waals surface area contributed by atoms with Crippen molar-refractivity contribution in [3.05, 3.63) is 30.3 Å². The van der Waals surface area contributed by atoms with Crippen LogP contribution in [0.2, 0.25) is 0 Å². The summed E-state index contributed by atoms with van der Waals surface area (Å²) in [4.78, 5) is 14.7. The van der Waals surface area contributed by atoms with Gasteiger partial charge in [0.15, 0.2) is 0 Å². The number of piperidine rings is 1. The first-order chi connectivity index (χ1) is 12.7. The molecule has 0 unspecified atom stereocenters. The zero-order chi connectivity index (χ0) is 19.7. The minimum absolute atomic E-state index is 0.0869. The SMILES string of the molecule is CS(=O)(=O)N1CCN(C(=O)[C@@H]2CCCN(S(=O)(=O)c3ccccc3)C2)CC1. The van der Waals surface area contributed by atoms with Crippen LogP contribution in [0.4, 0.5) is 0 Å². The van der Waals surface area contributed by atoms with E-state index in [1.54, 1.807) is 35.2 Å². The van der Waals surface area contributed by atoms with Gasteiger partial charge in [0.2, 0.25) is 26.0 Å². The van der Waals surface area contributed by atoms with Crippen LogP contribution in [0.5, 0.6) is 0 Å². The van der Waals surface area contributed by atoms with E-state index in [0.29, 0.717) is 32.5 Å². The van der Waals surface area contributed by atoms with Crippen molar-refractivity contribution in [3.8, 4) is 0 Å². The number of carbonyl (C=O) groups is 1. The van der Waals surface area contributed by atoms with Crippen LogP contribution in [0.25, 0.3) is 0 Å². The fourth-order valence-electron chi connectivity index (χ4n) is 3.60. The Hall–Kier alpha value is -1.49. The highest BCUT2D eigenvalue weighted by Crippen LogP contribution is 2.25. The Morgan fingerprint density at radius 3 is 2.15 bits per heavy atom. The number of amides is 1. The fraction of sp³-hybridized carbons (Fsp3) is 0.588. The third kappa shape index (κ3) is 4.50. The molecular formula is C17H25N3O5S2. The van der Waals surface area contributed by atoms with Crippen molar-refractivity contribution in [2.75, 3.05) is 45.5 Å². The Bertz CT molecular complexity index is 878. The van der Waals surface area contributed by atoms with Crippen LogP contribution >= 0.6 is 0 Å². The highest BCUT2D eigenvalue weighted by atomic mass is 32.2. The standard InChI is InChI=1S/C17H25N3O5S2/c1-26(22,23)19-12-10-18(11-13-19)17(21)15-6-5-9-20(14-15)27(24,25)16-7-3-2-4-8-16/h2-4,7-8,15H,5-6,9-14H2,1H3/t15-/m1/s1.